The Morgan fingerprint density at radius 2 is 1.74 bits per heavy atom. The summed E-state index contributed by atoms with van der Waals surface area (Å²) >= 11 is 0. The molecule has 6 heteroatoms. The molecule has 0 aromatic rings. The SMILES string of the molecule is CCC(N)(CC)CNC(=O)CC(C)NC(=O)C1CCCCC1.Cl. The number of amides is 2. The minimum absolute atomic E-state index is 0. The van der Waals surface area contributed by atoms with Gasteiger partial charge in [-0.05, 0) is 32.6 Å². The zero-order chi connectivity index (χ0) is 16.6. The molecule has 1 unspecified atom stereocenters. The van der Waals surface area contributed by atoms with E-state index in [2.05, 4.69) is 10.6 Å². The highest BCUT2D eigenvalue weighted by Crippen LogP contribution is 2.23. The number of nitrogens with one attached hydrogen (secondary N) is 2. The molecule has 4 N–H and O–H groups in total. The van der Waals surface area contributed by atoms with E-state index < -0.39 is 0 Å². The van der Waals surface area contributed by atoms with Gasteiger partial charge in [-0.2, -0.15) is 0 Å². The van der Waals surface area contributed by atoms with E-state index in [1.165, 1.54) is 6.42 Å². The standard InChI is InChI=1S/C17H33N3O2.ClH/c1-4-17(18,5-2)12-19-15(21)11-13(3)20-16(22)14-9-7-6-8-10-14;/h13-14H,4-12,18H2,1-3H3,(H,19,21)(H,20,22);1H. The molecule has 23 heavy (non-hydrogen) atoms. The normalized spacial score (nSPS) is 17.0. The van der Waals surface area contributed by atoms with Crippen molar-refractivity contribution in [2.45, 2.75) is 83.7 Å². The largest absolute Gasteiger partial charge is 0.354 e. The quantitative estimate of drug-likeness (QED) is 0.630. The van der Waals surface area contributed by atoms with Crippen molar-refractivity contribution in [2.24, 2.45) is 11.7 Å². The van der Waals surface area contributed by atoms with Crippen molar-refractivity contribution < 1.29 is 9.59 Å². The van der Waals surface area contributed by atoms with E-state index in [9.17, 15) is 9.59 Å². The van der Waals surface area contributed by atoms with Gasteiger partial charge in [0.1, 0.15) is 0 Å². The Labute approximate surface area is 146 Å². The molecule has 5 nitrogen and oxygen atoms in total. The lowest BCUT2D eigenvalue weighted by Gasteiger charge is -2.27. The van der Waals surface area contributed by atoms with Crippen LogP contribution in [0.5, 0.6) is 0 Å². The van der Waals surface area contributed by atoms with Crippen molar-refractivity contribution in [3.8, 4) is 0 Å². The van der Waals surface area contributed by atoms with Crippen LogP contribution in [0.1, 0.15) is 72.1 Å². The van der Waals surface area contributed by atoms with Crippen LogP contribution in [0.15, 0.2) is 0 Å². The molecular formula is C17H34ClN3O2. The molecule has 0 aromatic heterocycles. The van der Waals surface area contributed by atoms with Gasteiger partial charge in [-0.15, -0.1) is 12.4 Å². The summed E-state index contributed by atoms with van der Waals surface area (Å²) in [4.78, 5) is 24.1. The average molecular weight is 348 g/mol. The highest BCUT2D eigenvalue weighted by atomic mass is 35.5. The van der Waals surface area contributed by atoms with Crippen LogP contribution in [0, 0.1) is 5.92 Å². The van der Waals surface area contributed by atoms with E-state index in [4.69, 9.17) is 5.73 Å². The first kappa shape index (κ1) is 22.2. The molecule has 0 spiro atoms. The molecule has 1 saturated carbocycles. The lowest BCUT2D eigenvalue weighted by molar-refractivity contribution is -0.127. The second-order valence-corrected chi connectivity index (χ2v) is 6.79. The third-order valence-electron chi connectivity index (χ3n) is 4.90. The minimum atomic E-state index is -0.329. The van der Waals surface area contributed by atoms with Gasteiger partial charge in [-0.3, -0.25) is 9.59 Å². The van der Waals surface area contributed by atoms with Crippen molar-refractivity contribution in [1.82, 2.24) is 10.6 Å². The number of hydrogen-bond acceptors (Lipinski definition) is 3. The average Bonchev–Trinajstić information content (AvgIpc) is 2.53. The van der Waals surface area contributed by atoms with E-state index in [0.717, 1.165) is 38.5 Å². The van der Waals surface area contributed by atoms with Crippen molar-refractivity contribution in [1.29, 1.82) is 0 Å². The van der Waals surface area contributed by atoms with Crippen molar-refractivity contribution in [3.05, 3.63) is 0 Å². The first-order valence-electron chi connectivity index (χ1n) is 8.76. The Balaban J connectivity index is 0.00000484. The predicted octanol–water partition coefficient (Wildman–Crippen LogP) is 2.52. The molecule has 2 amide bonds. The number of halogens is 1. The van der Waals surface area contributed by atoms with Gasteiger partial charge in [-0.25, -0.2) is 0 Å². The summed E-state index contributed by atoms with van der Waals surface area (Å²) in [6.45, 7) is 6.43. The summed E-state index contributed by atoms with van der Waals surface area (Å²) in [6, 6.07) is -0.134. The monoisotopic (exact) mass is 347 g/mol. The molecule has 1 rings (SSSR count). The Kier molecular flexibility index (Phi) is 10.5. The van der Waals surface area contributed by atoms with Crippen LogP contribution >= 0.6 is 12.4 Å². The van der Waals surface area contributed by atoms with Crippen LogP contribution in [-0.2, 0) is 9.59 Å². The molecule has 1 atom stereocenters. The molecule has 0 saturated heterocycles. The first-order chi connectivity index (χ1) is 10.4. The van der Waals surface area contributed by atoms with E-state index in [0.29, 0.717) is 13.0 Å². The molecule has 0 aliphatic heterocycles. The highest BCUT2D eigenvalue weighted by molar-refractivity contribution is 5.85. The number of hydrogen-bond donors (Lipinski definition) is 3. The first-order valence-corrected chi connectivity index (χ1v) is 8.76. The highest BCUT2D eigenvalue weighted by Gasteiger charge is 2.24. The third kappa shape index (κ3) is 8.02. The van der Waals surface area contributed by atoms with Gasteiger partial charge in [0.2, 0.25) is 11.8 Å². The van der Waals surface area contributed by atoms with Gasteiger partial charge in [0.15, 0.2) is 0 Å². The van der Waals surface area contributed by atoms with E-state index in [-0.39, 0.29) is 41.7 Å². The number of rotatable bonds is 8. The number of nitrogens with two attached hydrogens (primary N) is 1. The molecule has 1 aliphatic carbocycles. The molecule has 0 aromatic carbocycles. The van der Waals surface area contributed by atoms with Crippen LogP contribution < -0.4 is 16.4 Å². The third-order valence-corrected chi connectivity index (χ3v) is 4.90. The zero-order valence-corrected chi connectivity index (χ0v) is 15.6. The summed E-state index contributed by atoms with van der Waals surface area (Å²) < 4.78 is 0. The van der Waals surface area contributed by atoms with E-state index in [1.54, 1.807) is 0 Å². The smallest absolute Gasteiger partial charge is 0.223 e. The molecule has 0 bridgehead atoms. The van der Waals surface area contributed by atoms with E-state index in [1.807, 2.05) is 20.8 Å². The Hall–Kier alpha value is -0.810. The van der Waals surface area contributed by atoms with Crippen molar-refractivity contribution >= 4 is 24.2 Å². The van der Waals surface area contributed by atoms with Gasteiger partial charge in [0.05, 0.1) is 0 Å². The fourth-order valence-electron chi connectivity index (χ4n) is 2.90. The second kappa shape index (κ2) is 10.9. The van der Waals surface area contributed by atoms with Gasteiger partial charge in [-0.1, -0.05) is 33.1 Å². The Morgan fingerprint density at radius 1 is 1.17 bits per heavy atom. The molecule has 136 valence electrons. The molecule has 0 radical (unpaired) electrons. The maximum absolute atomic E-state index is 12.1. The molecule has 1 fully saturated rings. The molecule has 0 heterocycles. The maximum atomic E-state index is 12.1. The Bertz CT molecular complexity index is 367. The summed E-state index contributed by atoms with van der Waals surface area (Å²) in [5, 5.41) is 5.87. The van der Waals surface area contributed by atoms with Crippen LogP contribution in [0.2, 0.25) is 0 Å². The maximum Gasteiger partial charge on any atom is 0.223 e. The summed E-state index contributed by atoms with van der Waals surface area (Å²) in [5.74, 6) is 0.194. The molecule has 1 aliphatic rings. The second-order valence-electron chi connectivity index (χ2n) is 6.79. The lowest BCUT2D eigenvalue weighted by atomic mass is 9.88. The Morgan fingerprint density at radius 3 is 2.26 bits per heavy atom. The van der Waals surface area contributed by atoms with Gasteiger partial charge < -0.3 is 16.4 Å². The van der Waals surface area contributed by atoms with Crippen molar-refractivity contribution in [2.75, 3.05) is 6.54 Å². The van der Waals surface area contributed by atoms with Gasteiger partial charge in [0.25, 0.3) is 0 Å². The lowest BCUT2D eigenvalue weighted by Crippen LogP contribution is -2.50. The fraction of sp³-hybridized carbons (Fsp3) is 0.882. The zero-order valence-electron chi connectivity index (χ0n) is 14.8. The van der Waals surface area contributed by atoms with Gasteiger partial charge >= 0.3 is 0 Å². The van der Waals surface area contributed by atoms with Gasteiger partial charge in [0, 0.05) is 30.5 Å². The van der Waals surface area contributed by atoms with Crippen LogP contribution in [0.25, 0.3) is 0 Å². The summed E-state index contributed by atoms with van der Waals surface area (Å²) in [5.41, 5.74) is 5.84. The van der Waals surface area contributed by atoms with Crippen LogP contribution in [-0.4, -0.2) is 29.9 Å². The van der Waals surface area contributed by atoms with Crippen LogP contribution in [0.4, 0.5) is 0 Å². The number of carbonyl (C=O) groups excluding carboxylic acids is 2. The van der Waals surface area contributed by atoms with Crippen LogP contribution in [0.3, 0.4) is 0 Å². The summed E-state index contributed by atoms with van der Waals surface area (Å²) in [6.07, 6.45) is 7.44. The summed E-state index contributed by atoms with van der Waals surface area (Å²) in [7, 11) is 0. The van der Waals surface area contributed by atoms with E-state index >= 15 is 0 Å². The van der Waals surface area contributed by atoms with Crippen molar-refractivity contribution in [3.63, 3.8) is 0 Å². The number of carbonyl (C=O) groups is 2. The minimum Gasteiger partial charge on any atom is -0.354 e. The molecular weight excluding hydrogens is 314 g/mol. The predicted molar refractivity (Wildman–Crippen MR) is 96.6 cm³/mol. The fourth-order valence-corrected chi connectivity index (χ4v) is 2.90. The topological polar surface area (TPSA) is 84.2 Å².